The molecule has 1 aromatic carbocycles. The molecule has 0 aromatic heterocycles. The van der Waals surface area contributed by atoms with E-state index in [1.54, 1.807) is 16.4 Å². The lowest BCUT2D eigenvalue weighted by molar-refractivity contribution is 0.477. The van der Waals surface area contributed by atoms with Crippen LogP contribution in [0.4, 0.5) is 0 Å². The maximum Gasteiger partial charge on any atom is 0.243 e. The maximum absolute atomic E-state index is 12.2. The summed E-state index contributed by atoms with van der Waals surface area (Å²) in [7, 11) is -3.25. The molecule has 0 saturated carbocycles. The minimum atomic E-state index is -3.25. The van der Waals surface area contributed by atoms with E-state index >= 15 is 0 Å². The van der Waals surface area contributed by atoms with Gasteiger partial charge in [-0.15, -0.1) is 0 Å². The Hall–Kier alpha value is -0.870. The molecular formula is C13H19NO2S. The van der Waals surface area contributed by atoms with Crippen LogP contribution in [0.3, 0.4) is 0 Å². The maximum atomic E-state index is 12.2. The summed E-state index contributed by atoms with van der Waals surface area (Å²) >= 11 is 0. The van der Waals surface area contributed by atoms with Crippen molar-refractivity contribution in [3.63, 3.8) is 0 Å². The van der Waals surface area contributed by atoms with Crippen LogP contribution in [0.25, 0.3) is 0 Å². The fourth-order valence-electron chi connectivity index (χ4n) is 2.10. The Labute approximate surface area is 104 Å². The average molecular weight is 253 g/mol. The lowest BCUT2D eigenvalue weighted by Gasteiger charge is -2.16. The molecule has 1 aliphatic heterocycles. The normalized spacial score (nSPS) is 17.8. The SMILES string of the molecule is CC(C)c1ccc(S(=O)(=O)N2CCCC2)cc1. The van der Waals surface area contributed by atoms with E-state index in [0.717, 1.165) is 12.8 Å². The summed E-state index contributed by atoms with van der Waals surface area (Å²) in [4.78, 5) is 0.420. The van der Waals surface area contributed by atoms with Gasteiger partial charge in [-0.3, -0.25) is 0 Å². The molecule has 1 aliphatic rings. The van der Waals surface area contributed by atoms with Crippen molar-refractivity contribution < 1.29 is 8.42 Å². The summed E-state index contributed by atoms with van der Waals surface area (Å²) in [5.41, 5.74) is 1.17. The third-order valence-electron chi connectivity index (χ3n) is 3.25. The first-order chi connectivity index (χ1) is 8.01. The van der Waals surface area contributed by atoms with Gasteiger partial charge in [-0.1, -0.05) is 26.0 Å². The Balaban J connectivity index is 2.27. The summed E-state index contributed by atoms with van der Waals surface area (Å²) in [5.74, 6) is 0.429. The lowest BCUT2D eigenvalue weighted by Crippen LogP contribution is -2.27. The van der Waals surface area contributed by atoms with Gasteiger partial charge in [0.25, 0.3) is 0 Å². The molecular weight excluding hydrogens is 234 g/mol. The Morgan fingerprint density at radius 3 is 2.06 bits per heavy atom. The second kappa shape index (κ2) is 4.78. The molecule has 1 fully saturated rings. The van der Waals surface area contributed by atoms with Crippen molar-refractivity contribution in [3.05, 3.63) is 29.8 Å². The van der Waals surface area contributed by atoms with Crippen LogP contribution in [0.1, 0.15) is 38.2 Å². The van der Waals surface area contributed by atoms with Crippen LogP contribution in [0.5, 0.6) is 0 Å². The number of sulfonamides is 1. The van der Waals surface area contributed by atoms with Crippen LogP contribution >= 0.6 is 0 Å². The van der Waals surface area contributed by atoms with E-state index in [2.05, 4.69) is 13.8 Å². The van der Waals surface area contributed by atoms with E-state index < -0.39 is 10.0 Å². The van der Waals surface area contributed by atoms with Crippen molar-refractivity contribution in [2.24, 2.45) is 0 Å². The highest BCUT2D eigenvalue weighted by Crippen LogP contribution is 2.22. The minimum Gasteiger partial charge on any atom is -0.207 e. The van der Waals surface area contributed by atoms with E-state index in [-0.39, 0.29) is 0 Å². The summed E-state index contributed by atoms with van der Waals surface area (Å²) in [6, 6.07) is 7.27. The van der Waals surface area contributed by atoms with Crippen LogP contribution in [-0.2, 0) is 10.0 Å². The van der Waals surface area contributed by atoms with Gasteiger partial charge >= 0.3 is 0 Å². The quantitative estimate of drug-likeness (QED) is 0.830. The zero-order chi connectivity index (χ0) is 12.5. The molecule has 1 aromatic rings. The van der Waals surface area contributed by atoms with Gasteiger partial charge in [0.1, 0.15) is 0 Å². The van der Waals surface area contributed by atoms with Gasteiger partial charge in [-0.25, -0.2) is 8.42 Å². The molecule has 1 saturated heterocycles. The fourth-order valence-corrected chi connectivity index (χ4v) is 3.62. The second-order valence-electron chi connectivity index (χ2n) is 4.83. The number of hydrogen-bond donors (Lipinski definition) is 0. The molecule has 94 valence electrons. The smallest absolute Gasteiger partial charge is 0.207 e. The van der Waals surface area contributed by atoms with Gasteiger partial charge < -0.3 is 0 Å². The molecule has 17 heavy (non-hydrogen) atoms. The van der Waals surface area contributed by atoms with Gasteiger partial charge in [0, 0.05) is 13.1 Å². The Morgan fingerprint density at radius 1 is 1.06 bits per heavy atom. The van der Waals surface area contributed by atoms with Crippen molar-refractivity contribution in [2.45, 2.75) is 37.5 Å². The number of nitrogens with zero attached hydrogens (tertiary/aromatic N) is 1. The average Bonchev–Trinajstić information content (AvgIpc) is 2.83. The summed E-state index contributed by atoms with van der Waals surface area (Å²) in [5, 5.41) is 0. The molecule has 0 N–H and O–H groups in total. The first-order valence-electron chi connectivity index (χ1n) is 6.12. The van der Waals surface area contributed by atoms with Crippen LogP contribution in [0.15, 0.2) is 29.2 Å². The molecule has 4 heteroatoms. The zero-order valence-corrected chi connectivity index (χ0v) is 11.2. The third kappa shape index (κ3) is 2.53. The van der Waals surface area contributed by atoms with E-state index in [0.29, 0.717) is 23.9 Å². The largest absolute Gasteiger partial charge is 0.243 e. The molecule has 0 radical (unpaired) electrons. The zero-order valence-electron chi connectivity index (χ0n) is 10.4. The number of benzene rings is 1. The molecule has 0 amide bonds. The molecule has 0 bridgehead atoms. The van der Waals surface area contributed by atoms with Gasteiger partial charge in [0.2, 0.25) is 10.0 Å². The first-order valence-corrected chi connectivity index (χ1v) is 7.56. The predicted octanol–water partition coefficient (Wildman–Crippen LogP) is 2.59. The highest BCUT2D eigenvalue weighted by atomic mass is 32.2. The molecule has 0 atom stereocenters. The molecule has 0 unspecified atom stereocenters. The van der Waals surface area contributed by atoms with Crippen molar-refractivity contribution in [1.82, 2.24) is 4.31 Å². The molecule has 2 rings (SSSR count). The van der Waals surface area contributed by atoms with E-state index in [9.17, 15) is 8.42 Å². The van der Waals surface area contributed by atoms with Crippen molar-refractivity contribution in [1.29, 1.82) is 0 Å². The van der Waals surface area contributed by atoms with Crippen molar-refractivity contribution in [3.8, 4) is 0 Å². The monoisotopic (exact) mass is 253 g/mol. The first kappa shape index (κ1) is 12.6. The molecule has 0 aliphatic carbocycles. The van der Waals surface area contributed by atoms with Gasteiger partial charge in [-0.05, 0) is 36.5 Å². The van der Waals surface area contributed by atoms with Crippen LogP contribution in [0, 0.1) is 0 Å². The Bertz CT molecular complexity index is 471. The van der Waals surface area contributed by atoms with Gasteiger partial charge in [0.05, 0.1) is 4.90 Å². The highest BCUT2D eigenvalue weighted by Gasteiger charge is 2.26. The van der Waals surface area contributed by atoms with Crippen molar-refractivity contribution in [2.75, 3.05) is 13.1 Å². The standard InChI is InChI=1S/C13H19NO2S/c1-11(2)12-5-7-13(8-6-12)17(15,16)14-9-3-4-10-14/h5-8,11H,3-4,9-10H2,1-2H3. The van der Waals surface area contributed by atoms with E-state index in [1.165, 1.54) is 5.56 Å². The molecule has 0 spiro atoms. The molecule has 3 nitrogen and oxygen atoms in total. The lowest BCUT2D eigenvalue weighted by atomic mass is 10.0. The Kier molecular flexibility index (Phi) is 3.54. The summed E-state index contributed by atoms with van der Waals surface area (Å²) in [6.07, 6.45) is 1.95. The second-order valence-corrected chi connectivity index (χ2v) is 6.77. The molecule has 1 heterocycles. The number of hydrogen-bond acceptors (Lipinski definition) is 2. The summed E-state index contributed by atoms with van der Waals surface area (Å²) < 4.78 is 26.1. The highest BCUT2D eigenvalue weighted by molar-refractivity contribution is 7.89. The third-order valence-corrected chi connectivity index (χ3v) is 5.16. The minimum absolute atomic E-state index is 0.420. The van der Waals surface area contributed by atoms with Crippen LogP contribution in [-0.4, -0.2) is 25.8 Å². The van der Waals surface area contributed by atoms with Crippen LogP contribution < -0.4 is 0 Å². The van der Waals surface area contributed by atoms with Gasteiger partial charge in [0.15, 0.2) is 0 Å². The van der Waals surface area contributed by atoms with E-state index in [1.807, 2.05) is 12.1 Å². The fraction of sp³-hybridized carbons (Fsp3) is 0.538. The van der Waals surface area contributed by atoms with E-state index in [4.69, 9.17) is 0 Å². The predicted molar refractivity (Wildman–Crippen MR) is 68.5 cm³/mol. The summed E-state index contributed by atoms with van der Waals surface area (Å²) in [6.45, 7) is 5.52. The topological polar surface area (TPSA) is 37.4 Å². The number of rotatable bonds is 3. The van der Waals surface area contributed by atoms with Crippen LogP contribution in [0.2, 0.25) is 0 Å². The Morgan fingerprint density at radius 2 is 1.59 bits per heavy atom. The van der Waals surface area contributed by atoms with Crippen molar-refractivity contribution >= 4 is 10.0 Å². The van der Waals surface area contributed by atoms with Gasteiger partial charge in [-0.2, -0.15) is 4.31 Å².